The van der Waals surface area contributed by atoms with Gasteiger partial charge in [0.1, 0.15) is 5.75 Å². The molecule has 0 aliphatic carbocycles. The van der Waals surface area contributed by atoms with Gasteiger partial charge in [-0.05, 0) is 70.4 Å². The van der Waals surface area contributed by atoms with Crippen LogP contribution in [0.2, 0.25) is 0 Å². The average molecular weight is 478 g/mol. The highest BCUT2D eigenvalue weighted by molar-refractivity contribution is 6.04. The lowest BCUT2D eigenvalue weighted by Gasteiger charge is -2.25. The highest BCUT2D eigenvalue weighted by Gasteiger charge is 2.12. The van der Waals surface area contributed by atoms with Crippen LogP contribution in [-0.2, 0) is 0 Å². The number of ether oxygens (including phenoxy) is 1. The molecule has 0 aliphatic heterocycles. The maximum atomic E-state index is 9.50. The molecule has 0 amide bonds. The minimum atomic E-state index is 0.544. The predicted molar refractivity (Wildman–Crippen MR) is 152 cm³/mol. The fourth-order valence-corrected chi connectivity index (χ4v) is 4.42. The average Bonchev–Trinajstić information content (AvgIpc) is 2.97. The molecule has 176 valence electrons. The first-order valence-electron chi connectivity index (χ1n) is 11.8. The maximum Gasteiger partial charge on any atom is 0.195 e. The lowest BCUT2D eigenvalue weighted by molar-refractivity contribution is 0.415. The van der Waals surface area contributed by atoms with Crippen LogP contribution in [-0.4, -0.2) is 7.11 Å². The standard InChI is InChI=1S/C33H23N3O/c1-35-32-22-15-26(23-34)31-10-6-7-25(33(31)32)14-11-24-12-16-28(17-13-24)36(27-8-4-3-5-9-27)29-18-20-30(37-2)21-19-29/h3-22H,2H3. The van der Waals surface area contributed by atoms with E-state index in [9.17, 15) is 5.26 Å². The highest BCUT2D eigenvalue weighted by Crippen LogP contribution is 2.36. The van der Waals surface area contributed by atoms with Gasteiger partial charge in [0.2, 0.25) is 0 Å². The third-order valence-corrected chi connectivity index (χ3v) is 6.24. The number of nitriles is 1. The van der Waals surface area contributed by atoms with Gasteiger partial charge in [-0.25, -0.2) is 4.85 Å². The molecule has 0 unspecified atom stereocenters. The van der Waals surface area contributed by atoms with Gasteiger partial charge in [0.05, 0.1) is 25.3 Å². The summed E-state index contributed by atoms with van der Waals surface area (Å²) < 4.78 is 5.34. The van der Waals surface area contributed by atoms with Crippen LogP contribution in [0.3, 0.4) is 0 Å². The number of hydrogen-bond donors (Lipinski definition) is 0. The number of para-hydroxylation sites is 1. The number of benzene rings is 5. The maximum absolute atomic E-state index is 9.50. The molecule has 0 N–H and O–H groups in total. The summed E-state index contributed by atoms with van der Waals surface area (Å²) in [5.74, 6) is 0.814. The van der Waals surface area contributed by atoms with Gasteiger partial charge in [-0.3, -0.25) is 0 Å². The third-order valence-electron chi connectivity index (χ3n) is 6.24. The van der Waals surface area contributed by atoms with Crippen LogP contribution in [0.25, 0.3) is 27.8 Å². The summed E-state index contributed by atoms with van der Waals surface area (Å²) in [5, 5.41) is 11.1. The van der Waals surface area contributed by atoms with Crippen molar-refractivity contribution < 1.29 is 4.74 Å². The molecule has 0 saturated heterocycles. The van der Waals surface area contributed by atoms with E-state index in [0.717, 1.165) is 44.7 Å². The number of nitrogens with zero attached hydrogens (tertiary/aromatic N) is 3. The second-order valence-electron chi connectivity index (χ2n) is 8.42. The monoisotopic (exact) mass is 477 g/mol. The van der Waals surface area contributed by atoms with E-state index < -0.39 is 0 Å². The molecule has 0 atom stereocenters. The van der Waals surface area contributed by atoms with E-state index >= 15 is 0 Å². The number of hydrogen-bond acceptors (Lipinski definition) is 3. The van der Waals surface area contributed by atoms with E-state index in [4.69, 9.17) is 11.3 Å². The van der Waals surface area contributed by atoms with Crippen molar-refractivity contribution in [3.8, 4) is 11.8 Å². The van der Waals surface area contributed by atoms with Crippen molar-refractivity contribution in [3.05, 3.63) is 137 Å². The smallest absolute Gasteiger partial charge is 0.195 e. The minimum Gasteiger partial charge on any atom is -0.497 e. The van der Waals surface area contributed by atoms with Crippen molar-refractivity contribution in [2.45, 2.75) is 0 Å². The summed E-state index contributed by atoms with van der Waals surface area (Å²) >= 11 is 0. The Morgan fingerprint density at radius 2 is 1.43 bits per heavy atom. The largest absolute Gasteiger partial charge is 0.497 e. The van der Waals surface area contributed by atoms with Crippen LogP contribution in [0.1, 0.15) is 16.7 Å². The molecule has 0 fully saturated rings. The van der Waals surface area contributed by atoms with Crippen molar-refractivity contribution in [1.29, 1.82) is 5.26 Å². The Morgan fingerprint density at radius 1 is 0.757 bits per heavy atom. The third kappa shape index (κ3) is 4.78. The SMILES string of the molecule is [C-]#[N+]c1ccc(C#N)c2cccc(C=Cc3ccc(N(c4ccccc4)c4ccc(OC)cc4)cc3)c12. The normalized spacial score (nSPS) is 10.7. The molecule has 4 nitrogen and oxygen atoms in total. The molecule has 5 aromatic carbocycles. The summed E-state index contributed by atoms with van der Waals surface area (Å²) in [4.78, 5) is 5.88. The van der Waals surface area contributed by atoms with Gasteiger partial charge < -0.3 is 9.64 Å². The van der Waals surface area contributed by atoms with Gasteiger partial charge in [-0.2, -0.15) is 5.26 Å². The van der Waals surface area contributed by atoms with E-state index in [-0.39, 0.29) is 0 Å². The topological polar surface area (TPSA) is 40.6 Å². The molecule has 4 heteroatoms. The predicted octanol–water partition coefficient (Wildman–Crippen LogP) is 8.91. The van der Waals surface area contributed by atoms with Crippen molar-refractivity contribution in [3.63, 3.8) is 0 Å². The Labute approximate surface area is 216 Å². The number of fused-ring (bicyclic) bond motifs is 1. The zero-order valence-electron chi connectivity index (χ0n) is 20.3. The van der Waals surface area contributed by atoms with Crippen molar-refractivity contribution >= 4 is 45.7 Å². The highest BCUT2D eigenvalue weighted by atomic mass is 16.5. The molecule has 0 heterocycles. The fraction of sp³-hybridized carbons (Fsp3) is 0.0303. The van der Waals surface area contributed by atoms with Gasteiger partial charge in [0.25, 0.3) is 0 Å². The van der Waals surface area contributed by atoms with Gasteiger partial charge in [0.15, 0.2) is 5.69 Å². The Bertz CT molecular complexity index is 1660. The Kier molecular flexibility index (Phi) is 6.66. The Morgan fingerprint density at radius 3 is 2.08 bits per heavy atom. The molecular weight excluding hydrogens is 454 g/mol. The summed E-state index contributed by atoms with van der Waals surface area (Å²) in [5.41, 5.74) is 6.19. The molecule has 5 rings (SSSR count). The molecule has 5 aromatic rings. The number of rotatable bonds is 6. The first-order chi connectivity index (χ1) is 18.2. The minimum absolute atomic E-state index is 0.544. The number of methoxy groups -OCH3 is 1. The fourth-order valence-electron chi connectivity index (χ4n) is 4.42. The second-order valence-corrected chi connectivity index (χ2v) is 8.42. The molecule has 0 aliphatic rings. The lowest BCUT2D eigenvalue weighted by Crippen LogP contribution is -2.09. The van der Waals surface area contributed by atoms with Crippen LogP contribution in [0, 0.1) is 17.9 Å². The van der Waals surface area contributed by atoms with Crippen LogP contribution in [0.5, 0.6) is 5.75 Å². The molecule has 0 saturated carbocycles. The molecule has 0 aromatic heterocycles. The van der Waals surface area contributed by atoms with E-state index in [1.807, 2.05) is 72.8 Å². The van der Waals surface area contributed by atoms with Gasteiger partial charge in [0, 0.05) is 17.1 Å². The molecule has 37 heavy (non-hydrogen) atoms. The van der Waals surface area contributed by atoms with E-state index in [1.165, 1.54) is 0 Å². The molecular formula is C33H23N3O. The number of anilines is 3. The van der Waals surface area contributed by atoms with Gasteiger partial charge >= 0.3 is 0 Å². The molecule has 0 radical (unpaired) electrons. The summed E-state index contributed by atoms with van der Waals surface area (Å²) in [6, 6.07) is 38.1. The zero-order valence-corrected chi connectivity index (χ0v) is 20.3. The van der Waals surface area contributed by atoms with Gasteiger partial charge in [-0.1, -0.05) is 72.8 Å². The molecule has 0 bridgehead atoms. The lowest BCUT2D eigenvalue weighted by atomic mass is 9.98. The van der Waals surface area contributed by atoms with Crippen LogP contribution >= 0.6 is 0 Å². The Balaban J connectivity index is 1.50. The summed E-state index contributed by atoms with van der Waals surface area (Å²) in [6.45, 7) is 7.58. The van der Waals surface area contributed by atoms with E-state index in [1.54, 1.807) is 19.2 Å². The van der Waals surface area contributed by atoms with Crippen LogP contribution in [0.15, 0.2) is 109 Å². The Hall–Kier alpha value is -5.32. The summed E-state index contributed by atoms with van der Waals surface area (Å²) in [7, 11) is 1.67. The first-order valence-corrected chi connectivity index (χ1v) is 11.8. The van der Waals surface area contributed by atoms with Gasteiger partial charge in [-0.15, -0.1) is 0 Å². The quantitative estimate of drug-likeness (QED) is 0.181. The molecule has 0 spiro atoms. The zero-order chi connectivity index (χ0) is 25.6. The summed E-state index contributed by atoms with van der Waals surface area (Å²) in [6.07, 6.45) is 4.04. The van der Waals surface area contributed by atoms with Crippen LogP contribution in [0.4, 0.5) is 22.7 Å². The first kappa shape index (κ1) is 23.4. The van der Waals surface area contributed by atoms with E-state index in [2.05, 4.69) is 52.2 Å². The van der Waals surface area contributed by atoms with Crippen molar-refractivity contribution in [1.82, 2.24) is 0 Å². The second kappa shape index (κ2) is 10.5. The van der Waals surface area contributed by atoms with E-state index in [0.29, 0.717) is 11.3 Å². The van der Waals surface area contributed by atoms with Crippen molar-refractivity contribution in [2.75, 3.05) is 12.0 Å². The van der Waals surface area contributed by atoms with Crippen molar-refractivity contribution in [2.24, 2.45) is 0 Å². The van der Waals surface area contributed by atoms with Crippen LogP contribution < -0.4 is 9.64 Å².